The second kappa shape index (κ2) is 9.07. The van der Waals surface area contributed by atoms with Gasteiger partial charge in [0, 0.05) is 11.5 Å². The van der Waals surface area contributed by atoms with Crippen molar-refractivity contribution in [2.24, 2.45) is 5.92 Å². The van der Waals surface area contributed by atoms with Crippen molar-refractivity contribution in [1.82, 2.24) is 0 Å². The van der Waals surface area contributed by atoms with Crippen molar-refractivity contribution in [3.8, 4) is 5.75 Å². The molecule has 2 rings (SSSR count). The highest BCUT2D eigenvalue weighted by Gasteiger charge is 2.30. The van der Waals surface area contributed by atoms with Crippen LogP contribution in [0, 0.1) is 12.8 Å². The fraction of sp³-hybridized carbons (Fsp3) is 0.545. The highest BCUT2D eigenvalue weighted by molar-refractivity contribution is 7.81. The zero-order chi connectivity index (χ0) is 20.2. The molecule has 2 atom stereocenters. The van der Waals surface area contributed by atoms with Gasteiger partial charge in [-0.25, -0.2) is 0 Å². The molecule has 0 aliphatic heterocycles. The summed E-state index contributed by atoms with van der Waals surface area (Å²) >= 11 is 0. The normalized spacial score (nSPS) is 20.3. The first-order chi connectivity index (χ1) is 12.6. The molecule has 5 heteroatoms. The van der Waals surface area contributed by atoms with Crippen molar-refractivity contribution in [2.45, 2.75) is 72.1 Å². The molecule has 150 valence electrons. The van der Waals surface area contributed by atoms with E-state index in [9.17, 15) is 13.0 Å². The maximum atomic E-state index is 11.5. The number of rotatable bonds is 8. The van der Waals surface area contributed by atoms with Gasteiger partial charge < -0.3 is 4.18 Å². The van der Waals surface area contributed by atoms with Gasteiger partial charge in [-0.1, -0.05) is 49.6 Å². The molecule has 0 heterocycles. The van der Waals surface area contributed by atoms with Gasteiger partial charge in [0.05, 0.1) is 0 Å². The molecule has 1 aromatic carbocycles. The lowest BCUT2D eigenvalue weighted by Crippen LogP contribution is -2.20. The highest BCUT2D eigenvalue weighted by atomic mass is 32.3. The van der Waals surface area contributed by atoms with E-state index in [1.54, 1.807) is 6.07 Å². The van der Waals surface area contributed by atoms with E-state index in [1.807, 2.05) is 13.8 Å². The average Bonchev–Trinajstić information content (AvgIpc) is 2.53. The topological polar surface area (TPSA) is 63.6 Å². The van der Waals surface area contributed by atoms with E-state index in [4.69, 9.17) is 4.18 Å². The summed E-state index contributed by atoms with van der Waals surface area (Å²) in [5.41, 5.74) is 5.21. The molecule has 1 aromatic rings. The predicted octanol–water partition coefficient (Wildman–Crippen LogP) is 5.93. The van der Waals surface area contributed by atoms with Gasteiger partial charge in [0.25, 0.3) is 0 Å². The standard InChI is InChI=1S/C22H32O4S/c1-6-7-8-9-18-13-17(5)22(21(14-18)26-27(23,24)25)20-12-16(4)10-11-19(20)15(2)3/h12-14,19-20H,2,6-11H2,1,3-5H3,(H,23,24,25)/t19-,20+/m0/s1. The van der Waals surface area contributed by atoms with Crippen LogP contribution in [0.2, 0.25) is 0 Å². The van der Waals surface area contributed by atoms with Gasteiger partial charge in [-0.2, -0.15) is 8.42 Å². The Kier molecular flexibility index (Phi) is 7.29. The van der Waals surface area contributed by atoms with E-state index in [1.165, 1.54) is 5.57 Å². The van der Waals surface area contributed by atoms with Crippen LogP contribution in [0.15, 0.2) is 35.9 Å². The second-order valence-corrected chi connectivity index (χ2v) is 8.85. The van der Waals surface area contributed by atoms with Gasteiger partial charge >= 0.3 is 10.4 Å². The maximum absolute atomic E-state index is 11.5. The van der Waals surface area contributed by atoms with Crippen LogP contribution in [-0.4, -0.2) is 13.0 Å². The Morgan fingerprint density at radius 3 is 2.59 bits per heavy atom. The Hall–Kier alpha value is -1.59. The molecule has 0 bridgehead atoms. The van der Waals surface area contributed by atoms with Crippen LogP contribution < -0.4 is 4.18 Å². The molecule has 0 aromatic heterocycles. The molecular weight excluding hydrogens is 360 g/mol. The van der Waals surface area contributed by atoms with Crippen molar-refractivity contribution in [1.29, 1.82) is 0 Å². The molecule has 4 nitrogen and oxygen atoms in total. The molecule has 27 heavy (non-hydrogen) atoms. The fourth-order valence-electron chi connectivity index (χ4n) is 4.08. The number of allylic oxidation sites excluding steroid dienone is 3. The molecule has 0 saturated heterocycles. The van der Waals surface area contributed by atoms with Crippen molar-refractivity contribution in [3.63, 3.8) is 0 Å². The molecule has 1 aliphatic carbocycles. The van der Waals surface area contributed by atoms with E-state index in [0.29, 0.717) is 0 Å². The molecule has 0 unspecified atom stereocenters. The first kappa shape index (κ1) is 21.7. The van der Waals surface area contributed by atoms with Crippen molar-refractivity contribution >= 4 is 10.4 Å². The quantitative estimate of drug-likeness (QED) is 0.338. The summed E-state index contributed by atoms with van der Waals surface area (Å²) in [6, 6.07) is 3.90. The summed E-state index contributed by atoms with van der Waals surface area (Å²) in [5.74, 6) is 0.464. The van der Waals surface area contributed by atoms with Crippen LogP contribution in [0.1, 0.15) is 75.5 Å². The first-order valence-electron chi connectivity index (χ1n) is 9.75. The number of hydrogen-bond acceptors (Lipinski definition) is 3. The molecule has 0 amide bonds. The van der Waals surface area contributed by atoms with Gasteiger partial charge in [0.15, 0.2) is 0 Å². The van der Waals surface area contributed by atoms with Crippen LogP contribution in [0.25, 0.3) is 0 Å². The van der Waals surface area contributed by atoms with Gasteiger partial charge in [-0.3, -0.25) is 4.55 Å². The third kappa shape index (κ3) is 5.94. The van der Waals surface area contributed by atoms with E-state index < -0.39 is 10.4 Å². The maximum Gasteiger partial charge on any atom is 0.446 e. The lowest BCUT2D eigenvalue weighted by Gasteiger charge is -2.32. The highest BCUT2D eigenvalue weighted by Crippen LogP contribution is 2.45. The van der Waals surface area contributed by atoms with Gasteiger partial charge in [-0.15, -0.1) is 0 Å². The van der Waals surface area contributed by atoms with E-state index in [2.05, 4.69) is 32.6 Å². The SMILES string of the molecule is C=C(C)[C@@H]1CCC(C)=C[C@H]1c1c(C)cc(CCCCC)cc1OS(=O)(=O)O. The van der Waals surface area contributed by atoms with Crippen molar-refractivity contribution in [2.75, 3.05) is 0 Å². The summed E-state index contributed by atoms with van der Waals surface area (Å²) < 4.78 is 37.4. The van der Waals surface area contributed by atoms with Crippen LogP contribution >= 0.6 is 0 Å². The third-order valence-electron chi connectivity index (χ3n) is 5.39. The zero-order valence-electron chi connectivity index (χ0n) is 16.9. The predicted molar refractivity (Wildman–Crippen MR) is 111 cm³/mol. The molecular formula is C22H32O4S. The van der Waals surface area contributed by atoms with Gasteiger partial charge in [-0.05, 0) is 69.6 Å². The van der Waals surface area contributed by atoms with Crippen LogP contribution in [0.4, 0.5) is 0 Å². The Balaban J connectivity index is 2.55. The van der Waals surface area contributed by atoms with Gasteiger partial charge in [0.1, 0.15) is 5.75 Å². The van der Waals surface area contributed by atoms with E-state index in [-0.39, 0.29) is 17.6 Å². The van der Waals surface area contributed by atoms with E-state index in [0.717, 1.165) is 60.8 Å². The third-order valence-corrected chi connectivity index (χ3v) is 5.78. The lowest BCUT2D eigenvalue weighted by atomic mass is 9.73. The summed E-state index contributed by atoms with van der Waals surface area (Å²) in [6.45, 7) is 12.4. The minimum atomic E-state index is -4.59. The number of aryl methyl sites for hydroxylation is 2. The minimum absolute atomic E-state index is 0.00214. The van der Waals surface area contributed by atoms with E-state index >= 15 is 0 Å². The minimum Gasteiger partial charge on any atom is -0.361 e. The second-order valence-electron chi connectivity index (χ2n) is 7.82. The first-order valence-corrected chi connectivity index (χ1v) is 11.1. The van der Waals surface area contributed by atoms with Crippen LogP contribution in [-0.2, 0) is 16.8 Å². The van der Waals surface area contributed by atoms with Crippen molar-refractivity contribution in [3.05, 3.63) is 52.6 Å². The summed E-state index contributed by atoms with van der Waals surface area (Å²) in [4.78, 5) is 0. The molecule has 0 saturated carbocycles. The molecule has 1 aliphatic rings. The number of unbranched alkanes of at least 4 members (excludes halogenated alkanes) is 2. The van der Waals surface area contributed by atoms with Gasteiger partial charge in [0.2, 0.25) is 0 Å². The van der Waals surface area contributed by atoms with Crippen molar-refractivity contribution < 1.29 is 17.2 Å². The molecule has 0 spiro atoms. The Morgan fingerprint density at radius 2 is 2.00 bits per heavy atom. The summed E-state index contributed by atoms with van der Waals surface area (Å²) in [6.07, 6.45) is 8.33. The largest absolute Gasteiger partial charge is 0.446 e. The lowest BCUT2D eigenvalue weighted by molar-refractivity contribution is 0.381. The Labute approximate surface area is 164 Å². The van der Waals surface area contributed by atoms with Crippen LogP contribution in [0.5, 0.6) is 5.75 Å². The van der Waals surface area contributed by atoms with Crippen LogP contribution in [0.3, 0.4) is 0 Å². The zero-order valence-corrected chi connectivity index (χ0v) is 17.7. The summed E-state index contributed by atoms with van der Waals surface area (Å²) in [7, 11) is -4.59. The molecule has 0 radical (unpaired) electrons. The fourth-order valence-corrected chi connectivity index (χ4v) is 4.44. The molecule has 0 fully saturated rings. The smallest absolute Gasteiger partial charge is 0.361 e. The Morgan fingerprint density at radius 1 is 1.30 bits per heavy atom. The Bertz CT molecular complexity index is 821. The number of benzene rings is 1. The molecule has 1 N–H and O–H groups in total. The summed E-state index contributed by atoms with van der Waals surface area (Å²) in [5, 5.41) is 0. The number of hydrogen-bond donors (Lipinski definition) is 1. The monoisotopic (exact) mass is 392 g/mol. The average molecular weight is 393 g/mol.